The Balaban J connectivity index is 1.36. The predicted molar refractivity (Wildman–Crippen MR) is 149 cm³/mol. The van der Waals surface area contributed by atoms with Crippen molar-refractivity contribution in [2.45, 2.75) is 39.0 Å². The molecule has 6 rings (SSSR count). The summed E-state index contributed by atoms with van der Waals surface area (Å²) in [4.78, 5) is 18.6. The summed E-state index contributed by atoms with van der Waals surface area (Å²) in [6.45, 7) is 3.81. The van der Waals surface area contributed by atoms with Crippen molar-refractivity contribution in [2.75, 3.05) is 13.9 Å². The molecule has 0 spiro atoms. The number of aromatic amines is 1. The third-order valence-electron chi connectivity index (χ3n) is 7.19. The molecule has 204 valence electrons. The van der Waals surface area contributed by atoms with Gasteiger partial charge < -0.3 is 19.2 Å². The number of benzene rings is 3. The van der Waals surface area contributed by atoms with E-state index in [4.69, 9.17) is 14.2 Å². The van der Waals surface area contributed by atoms with Gasteiger partial charge in [0, 0.05) is 30.1 Å². The minimum Gasteiger partial charge on any atom is -0.497 e. The Morgan fingerprint density at radius 1 is 1.00 bits per heavy atom. The molecule has 40 heavy (non-hydrogen) atoms. The van der Waals surface area contributed by atoms with Crippen molar-refractivity contribution < 1.29 is 14.2 Å². The molecule has 0 aliphatic carbocycles. The van der Waals surface area contributed by atoms with E-state index in [2.05, 4.69) is 44.5 Å². The number of rotatable bonds is 10. The highest BCUT2D eigenvalue weighted by Gasteiger charge is 2.26. The molecule has 10 nitrogen and oxygen atoms in total. The molecular formula is C30H30N6O4. The zero-order valence-corrected chi connectivity index (χ0v) is 22.4. The number of hydrogen-bond donors (Lipinski definition) is 1. The Bertz CT molecular complexity index is 1670. The molecule has 1 N–H and O–H groups in total. The quantitative estimate of drug-likeness (QED) is 0.278. The summed E-state index contributed by atoms with van der Waals surface area (Å²) in [5.74, 6) is 2.85. The maximum Gasteiger partial charge on any atom is 0.252 e. The molecule has 1 aliphatic rings. The van der Waals surface area contributed by atoms with Gasteiger partial charge in [-0.25, -0.2) is 4.68 Å². The minimum absolute atomic E-state index is 0.146. The molecule has 0 bridgehead atoms. The molecule has 2 aromatic heterocycles. The number of aromatic nitrogens is 5. The Morgan fingerprint density at radius 2 is 1.77 bits per heavy atom. The molecule has 0 fully saturated rings. The first kappa shape index (κ1) is 25.6. The second-order valence-corrected chi connectivity index (χ2v) is 9.77. The highest BCUT2D eigenvalue weighted by atomic mass is 16.7. The van der Waals surface area contributed by atoms with Crippen LogP contribution < -0.4 is 19.8 Å². The number of tetrazole rings is 1. The highest BCUT2D eigenvalue weighted by molar-refractivity contribution is 5.83. The Kier molecular flexibility index (Phi) is 7.15. The number of nitrogens with one attached hydrogen (secondary N) is 1. The topological polar surface area (TPSA) is 107 Å². The average Bonchev–Trinajstić information content (AvgIpc) is 3.63. The van der Waals surface area contributed by atoms with Gasteiger partial charge in [0.1, 0.15) is 5.75 Å². The Morgan fingerprint density at radius 3 is 2.52 bits per heavy atom. The lowest BCUT2D eigenvalue weighted by Crippen LogP contribution is -2.32. The molecular weight excluding hydrogens is 508 g/mol. The number of H-pyrrole nitrogens is 1. The minimum atomic E-state index is -0.148. The molecule has 0 amide bonds. The van der Waals surface area contributed by atoms with E-state index < -0.39 is 0 Å². The van der Waals surface area contributed by atoms with Crippen LogP contribution in [0.25, 0.3) is 10.9 Å². The van der Waals surface area contributed by atoms with E-state index in [9.17, 15) is 4.79 Å². The number of ether oxygens (including phenoxy) is 3. The van der Waals surface area contributed by atoms with Gasteiger partial charge in [-0.15, -0.1) is 5.10 Å². The summed E-state index contributed by atoms with van der Waals surface area (Å²) in [5.41, 5.74) is 3.39. The van der Waals surface area contributed by atoms with Crippen molar-refractivity contribution >= 4 is 10.9 Å². The van der Waals surface area contributed by atoms with Crippen LogP contribution in [0.5, 0.6) is 17.2 Å². The summed E-state index contributed by atoms with van der Waals surface area (Å²) < 4.78 is 18.2. The van der Waals surface area contributed by atoms with E-state index in [0.29, 0.717) is 42.2 Å². The van der Waals surface area contributed by atoms with Gasteiger partial charge >= 0.3 is 0 Å². The molecule has 3 aromatic carbocycles. The number of pyridine rings is 1. The van der Waals surface area contributed by atoms with E-state index in [-0.39, 0.29) is 18.4 Å². The number of nitrogens with zero attached hydrogens (tertiary/aromatic N) is 5. The van der Waals surface area contributed by atoms with Crippen LogP contribution >= 0.6 is 0 Å². The Labute approximate surface area is 231 Å². The van der Waals surface area contributed by atoms with Gasteiger partial charge in [0.2, 0.25) is 6.79 Å². The van der Waals surface area contributed by atoms with Crippen LogP contribution in [0.4, 0.5) is 0 Å². The largest absolute Gasteiger partial charge is 0.497 e. The van der Waals surface area contributed by atoms with Crippen molar-refractivity contribution in [3.63, 3.8) is 0 Å². The first-order valence-electron chi connectivity index (χ1n) is 13.2. The average molecular weight is 539 g/mol. The third kappa shape index (κ3) is 5.26. The molecule has 0 saturated carbocycles. The maximum atomic E-state index is 13.3. The summed E-state index contributed by atoms with van der Waals surface area (Å²) in [6.07, 6.45) is 0.746. The third-order valence-corrected chi connectivity index (χ3v) is 7.19. The molecule has 1 atom stereocenters. The first-order chi connectivity index (χ1) is 19.6. The van der Waals surface area contributed by atoms with Crippen LogP contribution in [0.2, 0.25) is 0 Å². The van der Waals surface area contributed by atoms with Crippen molar-refractivity contribution in [3.8, 4) is 17.2 Å². The fraction of sp³-hybridized carbons (Fsp3) is 0.267. The molecule has 5 aromatic rings. The molecule has 0 saturated heterocycles. The first-order valence-corrected chi connectivity index (χ1v) is 13.2. The van der Waals surface area contributed by atoms with Crippen LogP contribution in [0, 0.1) is 0 Å². The number of methoxy groups -OCH3 is 1. The standard InChI is InChI=1S/C30H30N6O4/c1-3-26(29-32-33-34-36(29)17-20-7-5-4-6-8-20)35(16-21-9-11-24(38-2)12-10-21)18-23-13-22-14-27-28(40-19-39-27)15-25(22)31-30(23)37/h4-15,26H,3,16-19H2,1-2H3,(H,31,37)/t26-/m1/s1. The zero-order chi connectivity index (χ0) is 27.5. The lowest BCUT2D eigenvalue weighted by atomic mass is 10.1. The van der Waals surface area contributed by atoms with E-state index in [0.717, 1.165) is 34.5 Å². The maximum absolute atomic E-state index is 13.3. The van der Waals surface area contributed by atoms with Gasteiger partial charge in [-0.05, 0) is 52.2 Å². The molecule has 3 heterocycles. The zero-order valence-electron chi connectivity index (χ0n) is 22.4. The molecule has 1 aliphatic heterocycles. The van der Waals surface area contributed by atoms with Crippen molar-refractivity contribution in [3.05, 3.63) is 106 Å². The highest BCUT2D eigenvalue weighted by Crippen LogP contribution is 2.35. The van der Waals surface area contributed by atoms with Gasteiger partial charge in [-0.3, -0.25) is 9.69 Å². The van der Waals surface area contributed by atoms with Crippen molar-refractivity contribution in [1.82, 2.24) is 30.1 Å². The van der Waals surface area contributed by atoms with Crippen LogP contribution in [0.3, 0.4) is 0 Å². The van der Waals surface area contributed by atoms with E-state index in [1.54, 1.807) is 7.11 Å². The summed E-state index contributed by atoms with van der Waals surface area (Å²) in [6, 6.07) is 23.6. The summed E-state index contributed by atoms with van der Waals surface area (Å²) in [5, 5.41) is 13.7. The van der Waals surface area contributed by atoms with Gasteiger partial charge in [0.25, 0.3) is 5.56 Å². The van der Waals surface area contributed by atoms with Gasteiger partial charge in [-0.1, -0.05) is 49.4 Å². The molecule has 0 radical (unpaired) electrons. The van der Waals surface area contributed by atoms with E-state index in [1.165, 1.54) is 0 Å². The van der Waals surface area contributed by atoms with Gasteiger partial charge in [0.05, 0.1) is 25.2 Å². The lowest BCUT2D eigenvalue weighted by molar-refractivity contribution is 0.161. The van der Waals surface area contributed by atoms with Crippen LogP contribution in [-0.4, -0.2) is 44.0 Å². The van der Waals surface area contributed by atoms with Crippen molar-refractivity contribution in [2.24, 2.45) is 0 Å². The van der Waals surface area contributed by atoms with E-state index in [1.807, 2.05) is 65.3 Å². The van der Waals surface area contributed by atoms with Crippen molar-refractivity contribution in [1.29, 1.82) is 0 Å². The summed E-state index contributed by atoms with van der Waals surface area (Å²) in [7, 11) is 1.65. The summed E-state index contributed by atoms with van der Waals surface area (Å²) >= 11 is 0. The SMILES string of the molecule is CC[C@H](c1nnnn1Cc1ccccc1)N(Cc1ccc(OC)cc1)Cc1cc2cc3c(cc2[nH]c1=O)OCO3. The van der Waals surface area contributed by atoms with Gasteiger partial charge in [-0.2, -0.15) is 0 Å². The Hall–Kier alpha value is -4.70. The molecule has 10 heteroatoms. The van der Waals surface area contributed by atoms with Gasteiger partial charge in [0.15, 0.2) is 17.3 Å². The lowest BCUT2D eigenvalue weighted by Gasteiger charge is -2.30. The number of fused-ring (bicyclic) bond motifs is 2. The second-order valence-electron chi connectivity index (χ2n) is 9.77. The normalized spacial score (nSPS) is 13.2. The monoisotopic (exact) mass is 538 g/mol. The number of hydrogen-bond acceptors (Lipinski definition) is 8. The van der Waals surface area contributed by atoms with Crippen LogP contribution in [0.15, 0.2) is 77.6 Å². The second kappa shape index (κ2) is 11.2. The van der Waals surface area contributed by atoms with Crippen LogP contribution in [-0.2, 0) is 19.6 Å². The van der Waals surface area contributed by atoms with Crippen LogP contribution in [0.1, 0.15) is 41.9 Å². The molecule has 0 unspecified atom stereocenters. The van der Waals surface area contributed by atoms with E-state index >= 15 is 0 Å². The predicted octanol–water partition coefficient (Wildman–Crippen LogP) is 4.45. The fourth-order valence-corrected chi connectivity index (χ4v) is 5.14. The smallest absolute Gasteiger partial charge is 0.252 e. The fourth-order valence-electron chi connectivity index (χ4n) is 5.14.